The van der Waals surface area contributed by atoms with E-state index in [1.54, 1.807) is 0 Å². The zero-order valence-corrected chi connectivity index (χ0v) is 10.7. The van der Waals surface area contributed by atoms with E-state index in [2.05, 4.69) is 0 Å². The fourth-order valence-corrected chi connectivity index (χ4v) is 2.49. The van der Waals surface area contributed by atoms with Gasteiger partial charge in [-0.25, -0.2) is 9.59 Å². The smallest absolute Gasteiger partial charge is 0.318 e. The van der Waals surface area contributed by atoms with Gasteiger partial charge in [0, 0.05) is 12.8 Å². The molecule has 3 amide bonds. The van der Waals surface area contributed by atoms with Crippen LogP contribution in [-0.2, 0) is 4.79 Å². The second-order valence-electron chi connectivity index (χ2n) is 6.05. The van der Waals surface area contributed by atoms with Gasteiger partial charge in [-0.15, -0.1) is 0 Å². The number of nitrogens with zero attached hydrogens (tertiary/aromatic N) is 1. The lowest BCUT2D eigenvalue weighted by atomic mass is 9.91. The highest BCUT2D eigenvalue weighted by Crippen LogP contribution is 2.31. The predicted molar refractivity (Wildman–Crippen MR) is 62.5 cm³/mol. The maximum atomic E-state index is 12.3. The van der Waals surface area contributed by atoms with E-state index >= 15 is 0 Å². The molecule has 1 saturated heterocycles. The summed E-state index contributed by atoms with van der Waals surface area (Å²) in [5, 5.41) is 0. The van der Waals surface area contributed by atoms with E-state index in [4.69, 9.17) is 5.73 Å². The molecule has 0 spiro atoms. The third-order valence-corrected chi connectivity index (χ3v) is 3.41. The molecule has 0 radical (unpaired) electrons. The molecule has 0 aromatic rings. The Kier molecular flexibility index (Phi) is 3.43. The Morgan fingerprint density at radius 1 is 1.38 bits per heavy atom. The number of quaternary nitrogens is 1. The Labute approximate surface area is 97.4 Å². The van der Waals surface area contributed by atoms with E-state index in [0.717, 1.165) is 12.8 Å². The number of likely N-dealkylation sites (tertiary alicyclic amines) is 1. The van der Waals surface area contributed by atoms with Gasteiger partial charge in [0.2, 0.25) is 0 Å². The van der Waals surface area contributed by atoms with E-state index < -0.39 is 6.03 Å². The Bertz CT molecular complexity index is 307. The lowest BCUT2D eigenvalue weighted by Gasteiger charge is -2.33. The van der Waals surface area contributed by atoms with Gasteiger partial charge in [0.25, 0.3) is 0 Å². The summed E-state index contributed by atoms with van der Waals surface area (Å²) < 4.78 is -0.142. The van der Waals surface area contributed by atoms with Crippen molar-refractivity contribution in [3.8, 4) is 0 Å². The van der Waals surface area contributed by atoms with Gasteiger partial charge in [-0.2, -0.15) is 4.48 Å². The number of imide groups is 1. The van der Waals surface area contributed by atoms with Crippen molar-refractivity contribution in [2.24, 2.45) is 11.1 Å². The number of nitrogens with two attached hydrogens (primary N) is 1. The molecule has 4 heteroatoms. The first-order valence-corrected chi connectivity index (χ1v) is 5.91. The first-order valence-electron chi connectivity index (χ1n) is 5.91. The Hall–Kier alpha value is -0.900. The molecule has 1 heterocycles. The van der Waals surface area contributed by atoms with E-state index in [9.17, 15) is 9.59 Å². The summed E-state index contributed by atoms with van der Waals surface area (Å²) in [5.41, 5.74) is 5.36. The van der Waals surface area contributed by atoms with Gasteiger partial charge in [-0.1, -0.05) is 20.8 Å². The maximum Gasteiger partial charge on any atom is 0.421 e. The molecule has 0 aromatic heterocycles. The minimum absolute atomic E-state index is 0.0231. The molecular formula is C12H23N2O2+. The molecular weight excluding hydrogens is 204 g/mol. The van der Waals surface area contributed by atoms with Crippen molar-refractivity contribution in [3.63, 3.8) is 0 Å². The molecule has 1 unspecified atom stereocenters. The normalized spacial score (nSPS) is 30.4. The quantitative estimate of drug-likeness (QED) is 0.697. The summed E-state index contributed by atoms with van der Waals surface area (Å²) in [4.78, 5) is 23.9. The van der Waals surface area contributed by atoms with E-state index in [1.807, 2.05) is 27.7 Å². The Morgan fingerprint density at radius 2 is 1.94 bits per heavy atom. The van der Waals surface area contributed by atoms with Crippen LogP contribution in [0.3, 0.4) is 0 Å². The molecule has 92 valence electrons. The van der Waals surface area contributed by atoms with Crippen LogP contribution in [0.4, 0.5) is 4.79 Å². The van der Waals surface area contributed by atoms with Crippen molar-refractivity contribution in [1.29, 1.82) is 0 Å². The zero-order valence-electron chi connectivity index (χ0n) is 10.7. The topological polar surface area (TPSA) is 60.2 Å². The van der Waals surface area contributed by atoms with Crippen LogP contribution in [-0.4, -0.2) is 29.0 Å². The third-order valence-electron chi connectivity index (χ3n) is 3.41. The summed E-state index contributed by atoms with van der Waals surface area (Å²) in [6.07, 6.45) is 2.21. The van der Waals surface area contributed by atoms with Crippen molar-refractivity contribution in [2.45, 2.75) is 53.0 Å². The minimum atomic E-state index is -0.487. The highest BCUT2D eigenvalue weighted by molar-refractivity contribution is 5.83. The second-order valence-corrected chi connectivity index (χ2v) is 6.05. The van der Waals surface area contributed by atoms with Crippen molar-refractivity contribution in [2.75, 3.05) is 6.54 Å². The highest BCUT2D eigenvalue weighted by atomic mass is 16.2. The van der Waals surface area contributed by atoms with Crippen LogP contribution < -0.4 is 5.73 Å². The molecule has 1 aliphatic rings. The van der Waals surface area contributed by atoms with E-state index in [1.165, 1.54) is 0 Å². The van der Waals surface area contributed by atoms with Gasteiger partial charge in [-0.3, -0.25) is 0 Å². The molecule has 2 N–H and O–H groups in total. The maximum absolute atomic E-state index is 12.3. The van der Waals surface area contributed by atoms with Crippen LogP contribution in [0.25, 0.3) is 0 Å². The minimum Gasteiger partial charge on any atom is -0.318 e. The molecule has 1 fully saturated rings. The summed E-state index contributed by atoms with van der Waals surface area (Å²) in [6, 6.07) is -0.452. The van der Waals surface area contributed by atoms with Gasteiger partial charge in [0.05, 0.1) is 13.0 Å². The summed E-state index contributed by atoms with van der Waals surface area (Å²) in [6.45, 7) is 8.53. The Morgan fingerprint density at radius 3 is 2.25 bits per heavy atom. The number of carbonyl (C=O) groups is 2. The number of carbonyl (C=O) groups excluding carboxylic acids is 2. The van der Waals surface area contributed by atoms with Crippen LogP contribution in [0.1, 0.15) is 47.0 Å². The van der Waals surface area contributed by atoms with Gasteiger partial charge in [0.15, 0.2) is 0 Å². The van der Waals surface area contributed by atoms with E-state index in [-0.39, 0.29) is 21.8 Å². The molecule has 1 aliphatic heterocycles. The predicted octanol–water partition coefficient (Wildman–Crippen LogP) is 2.03. The fourth-order valence-electron chi connectivity index (χ4n) is 2.49. The van der Waals surface area contributed by atoms with Crippen molar-refractivity contribution < 1.29 is 14.1 Å². The number of hydrogen-bond donors (Lipinski definition) is 1. The fraction of sp³-hybridized carbons (Fsp3) is 0.833. The number of urea groups is 1. The molecule has 0 aliphatic carbocycles. The van der Waals surface area contributed by atoms with Gasteiger partial charge < -0.3 is 5.73 Å². The number of primary amides is 1. The largest absolute Gasteiger partial charge is 0.421 e. The second kappa shape index (κ2) is 4.17. The average Bonchev–Trinajstić information content (AvgIpc) is 2.44. The van der Waals surface area contributed by atoms with Gasteiger partial charge >= 0.3 is 11.9 Å². The molecule has 2 atom stereocenters. The molecule has 16 heavy (non-hydrogen) atoms. The average molecular weight is 227 g/mol. The van der Waals surface area contributed by atoms with Crippen molar-refractivity contribution in [1.82, 2.24) is 0 Å². The van der Waals surface area contributed by atoms with Crippen LogP contribution in [0.15, 0.2) is 0 Å². The van der Waals surface area contributed by atoms with Crippen LogP contribution in [0, 0.1) is 5.41 Å². The van der Waals surface area contributed by atoms with Crippen molar-refractivity contribution >= 4 is 11.9 Å². The summed E-state index contributed by atoms with van der Waals surface area (Å²) in [7, 11) is 0. The molecule has 0 aromatic carbocycles. The third kappa shape index (κ3) is 2.26. The van der Waals surface area contributed by atoms with Crippen molar-refractivity contribution in [3.05, 3.63) is 0 Å². The summed E-state index contributed by atoms with van der Waals surface area (Å²) in [5.74, 6) is -0.0231. The van der Waals surface area contributed by atoms with Crippen LogP contribution >= 0.6 is 0 Å². The van der Waals surface area contributed by atoms with Gasteiger partial charge in [0.1, 0.15) is 6.04 Å². The Balaban J connectivity index is 2.95. The van der Waals surface area contributed by atoms with Crippen LogP contribution in [0.2, 0.25) is 0 Å². The lowest BCUT2D eigenvalue weighted by molar-refractivity contribution is -0.784. The first-order chi connectivity index (χ1) is 7.20. The first kappa shape index (κ1) is 13.2. The lowest BCUT2D eigenvalue weighted by Crippen LogP contribution is -2.61. The SMILES string of the molecule is C[C@@H]1CCC[N+]1(C(N)=O)C(=O)CC(C)(C)C. The number of amides is 3. The summed E-state index contributed by atoms with van der Waals surface area (Å²) >= 11 is 0. The monoisotopic (exact) mass is 227 g/mol. The standard InChI is InChI=1S/C12H22N2O2/c1-9-6-5-7-14(9,11(13)16)10(15)8-12(2,3)4/h9H,5-8H2,1-4H3,(H-,13,16)/p+1/t9-,14?/m1/s1. The molecule has 0 saturated carbocycles. The number of rotatable bonds is 1. The molecule has 0 bridgehead atoms. The van der Waals surface area contributed by atoms with Crippen LogP contribution in [0.5, 0.6) is 0 Å². The highest BCUT2D eigenvalue weighted by Gasteiger charge is 2.51. The molecule has 4 nitrogen and oxygen atoms in total. The van der Waals surface area contributed by atoms with Gasteiger partial charge in [-0.05, 0) is 12.3 Å². The van der Waals surface area contributed by atoms with E-state index in [0.29, 0.717) is 13.0 Å². The molecule has 1 rings (SSSR count). The number of hydrogen-bond acceptors (Lipinski definition) is 2. The zero-order chi connectivity index (χ0) is 12.6.